The van der Waals surface area contributed by atoms with Crippen molar-refractivity contribution in [3.05, 3.63) is 36.5 Å². The van der Waals surface area contributed by atoms with Gasteiger partial charge in [0.05, 0.1) is 33.8 Å². The fourth-order valence-electron chi connectivity index (χ4n) is 9.93. The largest absolute Gasteiger partial charge is 0.756 e. The summed E-state index contributed by atoms with van der Waals surface area (Å²) in [6, 6.07) is -0.906. The molecule has 3 atom stereocenters. The summed E-state index contributed by atoms with van der Waals surface area (Å²) in [5.41, 5.74) is 0. The fourth-order valence-corrected chi connectivity index (χ4v) is 10.7. The highest BCUT2D eigenvalue weighted by Gasteiger charge is 2.27. The molecule has 0 rings (SSSR count). The molecule has 0 saturated carbocycles. The van der Waals surface area contributed by atoms with Gasteiger partial charge in [0.1, 0.15) is 19.3 Å². The number of carbonyl (C=O) groups excluding carboxylic acids is 2. The highest BCUT2D eigenvalue weighted by molar-refractivity contribution is 7.45. The number of carbonyl (C=O) groups is 2. The van der Waals surface area contributed by atoms with Crippen LogP contribution in [0.4, 0.5) is 0 Å². The SMILES string of the molecule is CCCCCCCC/C=C\C/C=C/CCC(=O)OC(/C=C\CCCCCCCCCCC)C(COP(=O)([O-])OCC[N+](C)(C)C)NC(=O)CCCCCCCCCCCCCCCCCCCCCCCCCCCCC. The summed E-state index contributed by atoms with van der Waals surface area (Å²) >= 11 is 0. The Balaban J connectivity index is 4.96. The lowest BCUT2D eigenvalue weighted by Crippen LogP contribution is -2.47. The molecule has 0 spiro atoms. The molecular weight excluding hydrogens is 976 g/mol. The number of amides is 1. The van der Waals surface area contributed by atoms with E-state index >= 15 is 0 Å². The van der Waals surface area contributed by atoms with Gasteiger partial charge in [-0.1, -0.05) is 302 Å². The molecule has 77 heavy (non-hydrogen) atoms. The van der Waals surface area contributed by atoms with Gasteiger partial charge in [-0.2, -0.15) is 0 Å². The van der Waals surface area contributed by atoms with Gasteiger partial charge in [-0.25, -0.2) is 0 Å². The predicted molar refractivity (Wildman–Crippen MR) is 330 cm³/mol. The molecule has 0 fully saturated rings. The molecule has 0 heterocycles. The number of hydrogen-bond donors (Lipinski definition) is 1. The normalized spacial score (nSPS) is 13.8. The van der Waals surface area contributed by atoms with Crippen LogP contribution in [0.3, 0.4) is 0 Å². The molecule has 0 aliphatic carbocycles. The summed E-state index contributed by atoms with van der Waals surface area (Å²) in [6.45, 7) is 6.83. The van der Waals surface area contributed by atoms with Gasteiger partial charge in [0, 0.05) is 12.8 Å². The molecule has 0 aromatic heterocycles. The molecule has 0 aliphatic heterocycles. The molecule has 3 unspecified atom stereocenters. The third-order valence-corrected chi connectivity index (χ3v) is 16.1. The number of nitrogens with one attached hydrogen (secondary N) is 1. The van der Waals surface area contributed by atoms with Gasteiger partial charge in [0.25, 0.3) is 7.82 Å². The summed E-state index contributed by atoms with van der Waals surface area (Å²) in [4.78, 5) is 39.9. The number of quaternary nitrogens is 1. The number of phosphoric ester groups is 1. The Morgan fingerprint density at radius 1 is 0.455 bits per heavy atom. The van der Waals surface area contributed by atoms with Crippen molar-refractivity contribution >= 4 is 19.7 Å². The van der Waals surface area contributed by atoms with Crippen LogP contribution in [0.15, 0.2) is 36.5 Å². The zero-order chi connectivity index (χ0) is 56.4. The van der Waals surface area contributed by atoms with E-state index in [0.717, 1.165) is 51.4 Å². The number of ether oxygens (including phenoxy) is 1. The highest BCUT2D eigenvalue weighted by Crippen LogP contribution is 2.38. The number of rotatable bonds is 61. The summed E-state index contributed by atoms with van der Waals surface area (Å²) in [5.74, 6) is -0.606. The molecule has 10 heteroatoms. The van der Waals surface area contributed by atoms with Crippen LogP contribution in [-0.4, -0.2) is 69.4 Å². The second-order valence-corrected chi connectivity index (χ2v) is 25.4. The van der Waals surface area contributed by atoms with E-state index < -0.39 is 32.5 Å². The zero-order valence-corrected chi connectivity index (χ0v) is 52.8. The molecule has 0 radical (unpaired) electrons. The van der Waals surface area contributed by atoms with Crippen molar-refractivity contribution in [1.82, 2.24) is 5.32 Å². The monoisotopic (exact) mass is 1100 g/mol. The standard InChI is InChI=1S/C67H129N2O7P/c1-7-10-13-16-19-22-25-27-28-29-30-31-32-33-34-35-36-37-38-39-40-42-44-47-50-53-56-59-66(70)68-64(63-75-77(72,73)74-62-61-69(4,5)6)65(58-55-52-49-46-43-24-21-18-15-12-9-3)76-67(71)60-57-54-51-48-45-41-26-23-20-17-14-11-8-2/h41,45,51,54-55,58,64-65H,7-40,42-44,46-50,52-53,56-57,59-63H2,1-6H3,(H-,68,70,72,73)/b45-41-,54-51+,58-55-. The van der Waals surface area contributed by atoms with E-state index in [9.17, 15) is 19.0 Å². The first-order valence-corrected chi connectivity index (χ1v) is 34.8. The van der Waals surface area contributed by atoms with Crippen molar-refractivity contribution in [3.8, 4) is 0 Å². The summed E-state index contributed by atoms with van der Waals surface area (Å²) in [5, 5.41) is 3.02. The molecule has 0 aliphatic rings. The van der Waals surface area contributed by atoms with Gasteiger partial charge in [-0.05, 0) is 51.0 Å². The topological polar surface area (TPSA) is 114 Å². The minimum atomic E-state index is -4.70. The molecule has 1 N–H and O–H groups in total. The maximum absolute atomic E-state index is 13.5. The van der Waals surface area contributed by atoms with E-state index in [-0.39, 0.29) is 18.9 Å². The first-order chi connectivity index (χ1) is 37.4. The van der Waals surface area contributed by atoms with E-state index in [1.165, 1.54) is 238 Å². The number of esters is 1. The van der Waals surface area contributed by atoms with Crippen LogP contribution in [0.2, 0.25) is 0 Å². The number of likely N-dealkylation sites (N-methyl/N-ethyl adjacent to an activating group) is 1. The fraction of sp³-hybridized carbons (Fsp3) is 0.881. The number of nitrogens with zero attached hydrogens (tertiary/aromatic N) is 1. The third kappa shape index (κ3) is 58.7. The van der Waals surface area contributed by atoms with E-state index in [2.05, 4.69) is 44.3 Å². The van der Waals surface area contributed by atoms with E-state index in [1.807, 2.05) is 39.4 Å². The lowest BCUT2D eigenvalue weighted by molar-refractivity contribution is -0.870. The molecular formula is C67H129N2O7P. The van der Waals surface area contributed by atoms with Crippen molar-refractivity contribution in [3.63, 3.8) is 0 Å². The van der Waals surface area contributed by atoms with Crippen LogP contribution >= 0.6 is 7.82 Å². The summed E-state index contributed by atoms with van der Waals surface area (Å²) in [7, 11) is 1.17. The number of hydrogen-bond acceptors (Lipinski definition) is 7. The minimum Gasteiger partial charge on any atom is -0.756 e. The van der Waals surface area contributed by atoms with E-state index in [0.29, 0.717) is 23.9 Å². The van der Waals surface area contributed by atoms with Crippen molar-refractivity contribution in [2.24, 2.45) is 0 Å². The van der Waals surface area contributed by atoms with Crippen molar-refractivity contribution in [2.75, 3.05) is 40.9 Å². The van der Waals surface area contributed by atoms with Crippen molar-refractivity contribution in [2.45, 2.75) is 341 Å². The van der Waals surface area contributed by atoms with E-state index in [1.54, 1.807) is 0 Å². The molecule has 0 aromatic carbocycles. The van der Waals surface area contributed by atoms with E-state index in [4.69, 9.17) is 13.8 Å². The molecule has 454 valence electrons. The first-order valence-electron chi connectivity index (χ1n) is 33.3. The number of phosphoric acid groups is 1. The van der Waals surface area contributed by atoms with Gasteiger partial charge in [-0.15, -0.1) is 0 Å². The second kappa shape index (κ2) is 57.5. The quantitative estimate of drug-likeness (QED) is 0.0212. The Morgan fingerprint density at radius 2 is 0.805 bits per heavy atom. The first kappa shape index (κ1) is 75.2. The Morgan fingerprint density at radius 3 is 1.19 bits per heavy atom. The maximum atomic E-state index is 13.5. The van der Waals surface area contributed by atoms with Crippen LogP contribution in [-0.2, 0) is 27.9 Å². The van der Waals surface area contributed by atoms with Gasteiger partial charge in [0.2, 0.25) is 5.91 Å². The average molecular weight is 1110 g/mol. The zero-order valence-electron chi connectivity index (χ0n) is 51.9. The van der Waals surface area contributed by atoms with Gasteiger partial charge in [-0.3, -0.25) is 14.2 Å². The summed E-state index contributed by atoms with van der Waals surface area (Å²) in [6.07, 6.45) is 70.1. The molecule has 1 amide bonds. The van der Waals surface area contributed by atoms with Crippen LogP contribution in [0.1, 0.15) is 329 Å². The summed E-state index contributed by atoms with van der Waals surface area (Å²) < 4.78 is 30.2. The lowest BCUT2D eigenvalue weighted by atomic mass is 10.0. The van der Waals surface area contributed by atoms with Gasteiger partial charge < -0.3 is 28.5 Å². The third-order valence-electron chi connectivity index (χ3n) is 15.1. The predicted octanol–water partition coefficient (Wildman–Crippen LogP) is 20.0. The van der Waals surface area contributed by atoms with Crippen LogP contribution in [0, 0.1) is 0 Å². The molecule has 0 saturated heterocycles. The van der Waals surface area contributed by atoms with Crippen LogP contribution < -0.4 is 10.2 Å². The van der Waals surface area contributed by atoms with Crippen molar-refractivity contribution < 1.29 is 37.3 Å². The minimum absolute atomic E-state index is 0.0274. The maximum Gasteiger partial charge on any atom is 0.306 e. The molecule has 0 aromatic rings. The molecule has 9 nitrogen and oxygen atoms in total. The van der Waals surface area contributed by atoms with Crippen LogP contribution in [0.25, 0.3) is 0 Å². The van der Waals surface area contributed by atoms with Gasteiger partial charge in [0.15, 0.2) is 0 Å². The Bertz CT molecular complexity index is 1410. The lowest BCUT2D eigenvalue weighted by Gasteiger charge is -2.30. The number of allylic oxidation sites excluding steroid dienone is 5. The van der Waals surface area contributed by atoms with Crippen molar-refractivity contribution in [1.29, 1.82) is 0 Å². The number of unbranched alkanes of at least 4 members (excludes halogenated alkanes) is 41. The Labute approximate surface area is 478 Å². The molecule has 0 bridgehead atoms. The van der Waals surface area contributed by atoms with Gasteiger partial charge >= 0.3 is 5.97 Å². The van der Waals surface area contributed by atoms with Crippen LogP contribution in [0.5, 0.6) is 0 Å². The second-order valence-electron chi connectivity index (χ2n) is 24.0. The Kier molecular flexibility index (Phi) is 56.1. The average Bonchev–Trinajstić information content (AvgIpc) is 3.39. The smallest absolute Gasteiger partial charge is 0.306 e. The highest BCUT2D eigenvalue weighted by atomic mass is 31.2. The Hall–Kier alpha value is -1.77.